The Morgan fingerprint density at radius 3 is 2.55 bits per heavy atom. The van der Waals surface area contributed by atoms with E-state index in [2.05, 4.69) is 34.9 Å². The number of aryl methyl sites for hydroxylation is 1. The summed E-state index contributed by atoms with van der Waals surface area (Å²) < 4.78 is 27.4. The molecule has 9 heteroatoms. The van der Waals surface area contributed by atoms with Crippen molar-refractivity contribution in [3.63, 3.8) is 0 Å². The van der Waals surface area contributed by atoms with Gasteiger partial charge in [0.2, 0.25) is 0 Å². The molecule has 214 valence electrons. The Labute approximate surface area is 256 Å². The summed E-state index contributed by atoms with van der Waals surface area (Å²) in [7, 11) is 1.65. The first-order valence-corrected chi connectivity index (χ1v) is 14.4. The second-order valence-electron chi connectivity index (χ2n) is 10.1. The molecule has 0 unspecified atom stereocenters. The molecule has 5 rings (SSSR count). The molecule has 0 bridgehead atoms. The molecule has 0 fully saturated rings. The van der Waals surface area contributed by atoms with Crippen molar-refractivity contribution in [2.24, 2.45) is 5.10 Å². The molecule has 42 heavy (non-hydrogen) atoms. The van der Waals surface area contributed by atoms with Gasteiger partial charge in [-0.15, -0.1) is 0 Å². The fourth-order valence-corrected chi connectivity index (χ4v) is 5.64. The Hall–Kier alpha value is -4.01. The van der Waals surface area contributed by atoms with Gasteiger partial charge >= 0.3 is 0 Å². The summed E-state index contributed by atoms with van der Waals surface area (Å²) in [6, 6.07) is 21.0. The van der Waals surface area contributed by atoms with Crippen molar-refractivity contribution in [1.29, 1.82) is 0 Å². The number of halogens is 3. The van der Waals surface area contributed by atoms with Gasteiger partial charge in [-0.3, -0.25) is 4.79 Å². The van der Waals surface area contributed by atoms with Crippen LogP contribution in [0.5, 0.6) is 11.5 Å². The molecule has 0 radical (unpaired) electrons. The van der Waals surface area contributed by atoms with E-state index in [0.717, 1.165) is 22.4 Å². The first kappa shape index (κ1) is 29.5. The van der Waals surface area contributed by atoms with Crippen LogP contribution in [0.4, 0.5) is 4.39 Å². The first-order valence-electron chi connectivity index (χ1n) is 13.3. The molecule has 5 aromatic rings. The van der Waals surface area contributed by atoms with Crippen LogP contribution in [-0.2, 0) is 6.61 Å². The van der Waals surface area contributed by atoms with Crippen molar-refractivity contribution in [2.45, 2.75) is 33.3 Å². The number of hydrogen-bond donors (Lipinski definition) is 0. The summed E-state index contributed by atoms with van der Waals surface area (Å²) >= 11 is 10.1. The van der Waals surface area contributed by atoms with Crippen LogP contribution in [0.2, 0.25) is 5.02 Å². The van der Waals surface area contributed by atoms with Gasteiger partial charge in [0, 0.05) is 11.1 Å². The number of fused-ring (bicyclic) bond motifs is 1. The Morgan fingerprint density at radius 2 is 1.83 bits per heavy atom. The van der Waals surface area contributed by atoms with E-state index in [1.54, 1.807) is 55.8 Å². The van der Waals surface area contributed by atoms with Crippen LogP contribution in [0.3, 0.4) is 0 Å². The summed E-state index contributed by atoms with van der Waals surface area (Å²) in [5.41, 5.74) is 3.97. The summed E-state index contributed by atoms with van der Waals surface area (Å²) in [5, 5.41) is 5.35. The Balaban J connectivity index is 1.57. The summed E-state index contributed by atoms with van der Waals surface area (Å²) in [5.74, 6) is 1.39. The highest BCUT2D eigenvalue weighted by Crippen LogP contribution is 2.36. The lowest BCUT2D eigenvalue weighted by Gasteiger charge is -2.17. The van der Waals surface area contributed by atoms with E-state index in [0.29, 0.717) is 43.1 Å². The number of nitrogens with zero attached hydrogens (tertiary/aromatic N) is 3. The number of ether oxygens (including phenoxy) is 2. The van der Waals surface area contributed by atoms with Gasteiger partial charge in [0.1, 0.15) is 18.2 Å². The zero-order valence-corrected chi connectivity index (χ0v) is 25.8. The Morgan fingerprint density at radius 1 is 1.10 bits per heavy atom. The quantitative estimate of drug-likeness (QED) is 0.158. The molecule has 0 saturated carbocycles. The summed E-state index contributed by atoms with van der Waals surface area (Å²) in [4.78, 5) is 18.6. The molecule has 1 aromatic heterocycles. The van der Waals surface area contributed by atoms with Crippen LogP contribution in [-0.4, -0.2) is 23.0 Å². The molecule has 0 aliphatic heterocycles. The van der Waals surface area contributed by atoms with Crippen LogP contribution < -0.4 is 15.0 Å². The monoisotopic (exact) mass is 647 g/mol. The minimum absolute atomic E-state index is 0.0134. The first-order chi connectivity index (χ1) is 20.2. The van der Waals surface area contributed by atoms with E-state index in [1.807, 2.05) is 31.2 Å². The smallest absolute Gasteiger partial charge is 0.282 e. The molecular formula is C33H28BrClFN3O3. The summed E-state index contributed by atoms with van der Waals surface area (Å²) in [6.07, 6.45) is 1.54. The minimum atomic E-state index is -0.355. The van der Waals surface area contributed by atoms with Gasteiger partial charge in [0.15, 0.2) is 11.6 Å². The number of hydrogen-bond acceptors (Lipinski definition) is 5. The van der Waals surface area contributed by atoms with E-state index in [-0.39, 0.29) is 23.9 Å². The second-order valence-corrected chi connectivity index (χ2v) is 11.3. The predicted molar refractivity (Wildman–Crippen MR) is 170 cm³/mol. The standard InChI is InChI=1S/C33H28BrClFN3O3/c1-19(2)24-16-25(20(3)13-30(24)41-4)32-38-29-12-8-6-10-23(29)33(40)39(32)37-17-21-14-26(34)31(27(35)15-21)42-18-22-9-5-7-11-28(22)36/h5-17,19H,18H2,1-4H3. The van der Waals surface area contributed by atoms with E-state index < -0.39 is 0 Å². The molecule has 0 N–H and O–H groups in total. The third-order valence-electron chi connectivity index (χ3n) is 6.87. The van der Waals surface area contributed by atoms with Crippen LogP contribution >= 0.6 is 27.5 Å². The lowest BCUT2D eigenvalue weighted by molar-refractivity contribution is 0.298. The molecule has 4 aromatic carbocycles. The third kappa shape index (κ3) is 5.96. The average Bonchev–Trinajstić information content (AvgIpc) is 2.96. The highest BCUT2D eigenvalue weighted by atomic mass is 79.9. The molecule has 0 amide bonds. The number of rotatable bonds is 8. The van der Waals surface area contributed by atoms with Crippen molar-refractivity contribution in [1.82, 2.24) is 9.66 Å². The lowest BCUT2D eigenvalue weighted by Crippen LogP contribution is -2.20. The van der Waals surface area contributed by atoms with E-state index in [4.69, 9.17) is 26.1 Å². The minimum Gasteiger partial charge on any atom is -0.496 e. The number of benzene rings is 4. The zero-order valence-electron chi connectivity index (χ0n) is 23.5. The van der Waals surface area contributed by atoms with Gasteiger partial charge in [-0.25, -0.2) is 9.37 Å². The van der Waals surface area contributed by atoms with Gasteiger partial charge in [0.25, 0.3) is 5.56 Å². The maximum Gasteiger partial charge on any atom is 0.282 e. The van der Waals surface area contributed by atoms with E-state index in [9.17, 15) is 9.18 Å². The summed E-state index contributed by atoms with van der Waals surface area (Å²) in [6.45, 7) is 6.14. The predicted octanol–water partition coefficient (Wildman–Crippen LogP) is 8.52. The fraction of sp³-hybridized carbons (Fsp3) is 0.182. The van der Waals surface area contributed by atoms with Crippen molar-refractivity contribution in [3.05, 3.63) is 121 Å². The van der Waals surface area contributed by atoms with Crippen molar-refractivity contribution >= 4 is 44.6 Å². The number of para-hydroxylation sites is 1. The molecule has 1 heterocycles. The zero-order chi connectivity index (χ0) is 30.0. The Kier molecular flexibility index (Phi) is 8.75. The Bertz CT molecular complexity index is 1860. The van der Waals surface area contributed by atoms with Crippen LogP contribution in [0.1, 0.15) is 42.0 Å². The number of aromatic nitrogens is 2. The fourth-order valence-electron chi connectivity index (χ4n) is 4.65. The van der Waals surface area contributed by atoms with Gasteiger partial charge < -0.3 is 9.47 Å². The molecule has 0 aliphatic carbocycles. The topological polar surface area (TPSA) is 65.7 Å². The van der Waals surface area contributed by atoms with E-state index in [1.165, 1.54) is 10.7 Å². The van der Waals surface area contributed by atoms with E-state index >= 15 is 0 Å². The van der Waals surface area contributed by atoms with Crippen molar-refractivity contribution in [3.8, 4) is 22.9 Å². The maximum absolute atomic E-state index is 14.0. The van der Waals surface area contributed by atoms with Gasteiger partial charge in [-0.1, -0.05) is 55.8 Å². The van der Waals surface area contributed by atoms with Gasteiger partial charge in [-0.2, -0.15) is 9.78 Å². The van der Waals surface area contributed by atoms with Crippen molar-refractivity contribution < 1.29 is 13.9 Å². The third-order valence-corrected chi connectivity index (χ3v) is 7.74. The SMILES string of the molecule is COc1cc(C)c(-c2nc3ccccc3c(=O)n2N=Cc2cc(Cl)c(OCc3ccccc3F)c(Br)c2)cc1C(C)C. The van der Waals surface area contributed by atoms with Gasteiger partial charge in [-0.05, 0) is 87.9 Å². The molecule has 0 atom stereocenters. The van der Waals surface area contributed by atoms with Crippen LogP contribution in [0, 0.1) is 12.7 Å². The maximum atomic E-state index is 14.0. The normalized spacial score (nSPS) is 11.5. The molecule has 0 saturated heterocycles. The number of methoxy groups -OCH3 is 1. The van der Waals surface area contributed by atoms with Crippen molar-refractivity contribution in [2.75, 3.05) is 7.11 Å². The molecule has 0 aliphatic rings. The molecular weight excluding hydrogens is 621 g/mol. The molecule has 6 nitrogen and oxygen atoms in total. The highest BCUT2D eigenvalue weighted by Gasteiger charge is 2.18. The van der Waals surface area contributed by atoms with Crippen LogP contribution in [0.25, 0.3) is 22.3 Å². The largest absolute Gasteiger partial charge is 0.496 e. The average molecular weight is 649 g/mol. The van der Waals surface area contributed by atoms with Gasteiger partial charge in [0.05, 0.1) is 33.7 Å². The highest BCUT2D eigenvalue weighted by molar-refractivity contribution is 9.10. The van der Waals surface area contributed by atoms with Crippen LogP contribution in [0.15, 0.2) is 87.2 Å². The lowest BCUT2D eigenvalue weighted by atomic mass is 9.96. The second kappa shape index (κ2) is 12.5. The molecule has 0 spiro atoms.